The van der Waals surface area contributed by atoms with Crippen LogP contribution in [0.2, 0.25) is 0 Å². The topological polar surface area (TPSA) is 84.2 Å². The fourth-order valence-corrected chi connectivity index (χ4v) is 1.39. The van der Waals surface area contributed by atoms with Crippen molar-refractivity contribution in [3.05, 3.63) is 0 Å². The van der Waals surface area contributed by atoms with Crippen LogP contribution in [0.1, 0.15) is 46.5 Å². The molecule has 0 aliphatic heterocycles. The summed E-state index contributed by atoms with van der Waals surface area (Å²) in [4.78, 5) is 23.0. The Hall–Kier alpha value is -1.10. The summed E-state index contributed by atoms with van der Waals surface area (Å²) in [6, 6.07) is 0. The van der Waals surface area contributed by atoms with Crippen molar-refractivity contribution in [3.8, 4) is 0 Å². The smallest absolute Gasteiger partial charge is 0.240 e. The predicted octanol–water partition coefficient (Wildman–Crippen LogP) is 0.536. The monoisotopic (exact) mass is 243 g/mol. The number of nitrogens with one attached hydrogen (secondary N) is 2. The van der Waals surface area contributed by atoms with Crippen LogP contribution in [-0.4, -0.2) is 30.4 Å². The first-order valence-corrected chi connectivity index (χ1v) is 6.34. The van der Waals surface area contributed by atoms with Crippen LogP contribution >= 0.6 is 0 Å². The Kier molecular flexibility index (Phi) is 7.54. The molecule has 0 radical (unpaired) electrons. The molecular weight excluding hydrogens is 218 g/mol. The number of carbonyl (C=O) groups is 2. The Morgan fingerprint density at radius 3 is 2.12 bits per heavy atom. The van der Waals surface area contributed by atoms with Gasteiger partial charge in [0, 0.05) is 19.5 Å². The van der Waals surface area contributed by atoms with Crippen molar-refractivity contribution in [2.75, 3.05) is 13.1 Å². The van der Waals surface area contributed by atoms with E-state index in [-0.39, 0.29) is 11.8 Å². The Bertz CT molecular complexity index is 250. The van der Waals surface area contributed by atoms with Crippen LogP contribution in [0.5, 0.6) is 0 Å². The zero-order chi connectivity index (χ0) is 13.3. The van der Waals surface area contributed by atoms with Gasteiger partial charge in [-0.25, -0.2) is 0 Å². The Balaban J connectivity index is 3.89. The van der Waals surface area contributed by atoms with Gasteiger partial charge in [-0.05, 0) is 19.3 Å². The summed E-state index contributed by atoms with van der Waals surface area (Å²) < 4.78 is 0. The Morgan fingerprint density at radius 1 is 1.06 bits per heavy atom. The van der Waals surface area contributed by atoms with E-state index in [0.717, 1.165) is 6.42 Å². The zero-order valence-corrected chi connectivity index (χ0v) is 11.1. The average molecular weight is 243 g/mol. The van der Waals surface area contributed by atoms with Crippen molar-refractivity contribution in [3.63, 3.8) is 0 Å². The molecule has 0 aromatic carbocycles. The maximum absolute atomic E-state index is 11.8. The molecule has 5 heteroatoms. The molecule has 0 aliphatic rings. The second-order valence-corrected chi connectivity index (χ2v) is 4.22. The highest BCUT2D eigenvalue weighted by atomic mass is 16.2. The summed E-state index contributed by atoms with van der Waals surface area (Å²) >= 11 is 0. The molecule has 0 fully saturated rings. The number of hydrogen-bond donors (Lipinski definition) is 3. The van der Waals surface area contributed by atoms with E-state index in [1.807, 2.05) is 20.8 Å². The summed E-state index contributed by atoms with van der Waals surface area (Å²) in [5.41, 5.74) is 5.12. The summed E-state index contributed by atoms with van der Waals surface area (Å²) in [6.45, 7) is 6.78. The van der Waals surface area contributed by atoms with Crippen LogP contribution in [-0.2, 0) is 9.59 Å². The first-order chi connectivity index (χ1) is 8.00. The fourth-order valence-electron chi connectivity index (χ4n) is 1.39. The third-order valence-corrected chi connectivity index (χ3v) is 2.92. The summed E-state index contributed by atoms with van der Waals surface area (Å²) in [7, 11) is 0. The number of nitrogens with two attached hydrogens (primary N) is 1. The SMILES string of the molecule is CCCNC(=O)CCNC(=O)C(N)(CC)CC. The van der Waals surface area contributed by atoms with Gasteiger partial charge in [0.2, 0.25) is 11.8 Å². The van der Waals surface area contributed by atoms with Crippen molar-refractivity contribution in [2.45, 2.75) is 52.0 Å². The molecule has 0 saturated carbocycles. The maximum Gasteiger partial charge on any atom is 0.240 e. The lowest BCUT2D eigenvalue weighted by Crippen LogP contribution is -2.53. The predicted molar refractivity (Wildman–Crippen MR) is 68.4 cm³/mol. The zero-order valence-electron chi connectivity index (χ0n) is 11.1. The van der Waals surface area contributed by atoms with Crippen LogP contribution in [0, 0.1) is 0 Å². The number of carbonyl (C=O) groups excluding carboxylic acids is 2. The fraction of sp³-hybridized carbons (Fsp3) is 0.833. The molecule has 100 valence electrons. The molecule has 5 nitrogen and oxygen atoms in total. The van der Waals surface area contributed by atoms with Crippen molar-refractivity contribution in [1.82, 2.24) is 10.6 Å². The molecule has 0 aromatic heterocycles. The van der Waals surface area contributed by atoms with Crippen LogP contribution in [0.3, 0.4) is 0 Å². The number of amides is 2. The van der Waals surface area contributed by atoms with Gasteiger partial charge in [0.1, 0.15) is 0 Å². The number of hydrogen-bond acceptors (Lipinski definition) is 3. The molecule has 0 unspecified atom stereocenters. The van der Waals surface area contributed by atoms with Crippen molar-refractivity contribution in [1.29, 1.82) is 0 Å². The molecule has 0 bridgehead atoms. The van der Waals surface area contributed by atoms with Crippen LogP contribution in [0.25, 0.3) is 0 Å². The van der Waals surface area contributed by atoms with Gasteiger partial charge in [-0.15, -0.1) is 0 Å². The normalized spacial score (nSPS) is 11.1. The van der Waals surface area contributed by atoms with E-state index < -0.39 is 5.54 Å². The van der Waals surface area contributed by atoms with Gasteiger partial charge in [0.05, 0.1) is 5.54 Å². The largest absolute Gasteiger partial charge is 0.356 e. The van der Waals surface area contributed by atoms with E-state index in [2.05, 4.69) is 10.6 Å². The molecule has 0 rings (SSSR count). The van der Waals surface area contributed by atoms with Gasteiger partial charge >= 0.3 is 0 Å². The van der Waals surface area contributed by atoms with E-state index in [0.29, 0.717) is 32.4 Å². The molecule has 17 heavy (non-hydrogen) atoms. The highest BCUT2D eigenvalue weighted by molar-refractivity contribution is 5.86. The lowest BCUT2D eigenvalue weighted by Gasteiger charge is -2.25. The minimum Gasteiger partial charge on any atom is -0.356 e. The molecule has 0 aromatic rings. The van der Waals surface area contributed by atoms with Gasteiger partial charge in [0.15, 0.2) is 0 Å². The molecular formula is C12H25N3O2. The van der Waals surface area contributed by atoms with Gasteiger partial charge < -0.3 is 16.4 Å². The quantitative estimate of drug-likeness (QED) is 0.581. The molecule has 4 N–H and O–H groups in total. The Labute approximate surface area is 104 Å². The first kappa shape index (κ1) is 15.9. The summed E-state index contributed by atoms with van der Waals surface area (Å²) in [6.07, 6.45) is 2.40. The third-order valence-electron chi connectivity index (χ3n) is 2.92. The highest BCUT2D eigenvalue weighted by Crippen LogP contribution is 2.10. The van der Waals surface area contributed by atoms with Crippen LogP contribution in [0.15, 0.2) is 0 Å². The van der Waals surface area contributed by atoms with Gasteiger partial charge in [0.25, 0.3) is 0 Å². The lowest BCUT2D eigenvalue weighted by atomic mass is 9.93. The van der Waals surface area contributed by atoms with Gasteiger partial charge in [-0.2, -0.15) is 0 Å². The number of rotatable bonds is 8. The lowest BCUT2D eigenvalue weighted by molar-refractivity contribution is -0.126. The standard InChI is InChI=1S/C12H25N3O2/c1-4-8-14-10(16)7-9-15-11(17)12(13,5-2)6-3/h4-9,13H2,1-3H3,(H,14,16)(H,15,17). The van der Waals surface area contributed by atoms with E-state index in [1.54, 1.807) is 0 Å². The summed E-state index contributed by atoms with van der Waals surface area (Å²) in [5.74, 6) is -0.214. The second-order valence-electron chi connectivity index (χ2n) is 4.22. The van der Waals surface area contributed by atoms with E-state index in [1.165, 1.54) is 0 Å². The minimum atomic E-state index is -0.806. The highest BCUT2D eigenvalue weighted by Gasteiger charge is 2.29. The van der Waals surface area contributed by atoms with Crippen molar-refractivity contribution >= 4 is 11.8 Å². The molecule has 0 atom stereocenters. The molecule has 0 saturated heterocycles. The van der Waals surface area contributed by atoms with Crippen molar-refractivity contribution in [2.24, 2.45) is 5.73 Å². The molecule has 0 heterocycles. The molecule has 0 spiro atoms. The summed E-state index contributed by atoms with van der Waals surface area (Å²) in [5, 5.41) is 5.46. The van der Waals surface area contributed by atoms with Crippen LogP contribution in [0.4, 0.5) is 0 Å². The average Bonchev–Trinajstić information content (AvgIpc) is 2.35. The van der Waals surface area contributed by atoms with Gasteiger partial charge in [-0.3, -0.25) is 9.59 Å². The van der Waals surface area contributed by atoms with E-state index in [4.69, 9.17) is 5.73 Å². The second kappa shape index (κ2) is 8.06. The maximum atomic E-state index is 11.8. The van der Waals surface area contributed by atoms with Crippen LogP contribution < -0.4 is 16.4 Å². The Morgan fingerprint density at radius 2 is 1.65 bits per heavy atom. The molecule has 2 amide bonds. The first-order valence-electron chi connectivity index (χ1n) is 6.34. The van der Waals surface area contributed by atoms with E-state index >= 15 is 0 Å². The van der Waals surface area contributed by atoms with E-state index in [9.17, 15) is 9.59 Å². The van der Waals surface area contributed by atoms with Gasteiger partial charge in [-0.1, -0.05) is 20.8 Å². The van der Waals surface area contributed by atoms with Crippen molar-refractivity contribution < 1.29 is 9.59 Å². The molecule has 0 aliphatic carbocycles. The third kappa shape index (κ3) is 5.68. The minimum absolute atomic E-state index is 0.0391.